The van der Waals surface area contributed by atoms with Gasteiger partial charge in [0.25, 0.3) is 0 Å². The molecule has 5 nitrogen and oxygen atoms in total. The van der Waals surface area contributed by atoms with Crippen molar-refractivity contribution >= 4 is 39.8 Å². The van der Waals surface area contributed by atoms with E-state index in [0.717, 1.165) is 44.7 Å². The minimum absolute atomic E-state index is 0. The predicted molar refractivity (Wildman–Crippen MR) is 114 cm³/mol. The van der Waals surface area contributed by atoms with Crippen LogP contribution in [0.25, 0.3) is 0 Å². The number of sulfone groups is 1. The fraction of sp³-hybridized carbons (Fsp3) is 0.824. The van der Waals surface area contributed by atoms with E-state index in [1.807, 2.05) is 13.1 Å². The minimum Gasteiger partial charge on any atom is -0.357 e. The second-order valence-electron chi connectivity index (χ2n) is 6.80. The summed E-state index contributed by atoms with van der Waals surface area (Å²) in [5, 5.41) is 3.31. The van der Waals surface area contributed by atoms with Crippen molar-refractivity contribution in [2.45, 2.75) is 45.4 Å². The smallest absolute Gasteiger partial charge is 0.193 e. The zero-order valence-corrected chi connectivity index (χ0v) is 18.5. The summed E-state index contributed by atoms with van der Waals surface area (Å²) in [5.74, 6) is 1.14. The number of hydrogen-bond donors (Lipinski definition) is 1. The first kappa shape index (κ1) is 23.7. The SMILES string of the molecule is C=CCCCCCN(C)C(=NCC1(CS(C)(=O)=O)CC1)NCC.I. The summed E-state index contributed by atoms with van der Waals surface area (Å²) >= 11 is 0. The number of aliphatic imine (C=N–C) groups is 1. The van der Waals surface area contributed by atoms with Crippen LogP contribution in [0.3, 0.4) is 0 Å². The highest BCUT2D eigenvalue weighted by Crippen LogP contribution is 2.46. The van der Waals surface area contributed by atoms with E-state index in [9.17, 15) is 8.42 Å². The van der Waals surface area contributed by atoms with Crippen molar-refractivity contribution in [3.63, 3.8) is 0 Å². The molecule has 24 heavy (non-hydrogen) atoms. The second kappa shape index (κ2) is 11.3. The summed E-state index contributed by atoms with van der Waals surface area (Å²) in [6, 6.07) is 0. The lowest BCUT2D eigenvalue weighted by atomic mass is 10.1. The highest BCUT2D eigenvalue weighted by Gasteiger charge is 2.45. The van der Waals surface area contributed by atoms with E-state index >= 15 is 0 Å². The lowest BCUT2D eigenvalue weighted by molar-refractivity contribution is 0.451. The first-order valence-corrected chi connectivity index (χ1v) is 10.7. The molecular formula is C17H34IN3O2S. The molecule has 0 atom stereocenters. The highest BCUT2D eigenvalue weighted by atomic mass is 127. The van der Waals surface area contributed by atoms with Crippen LogP contribution >= 0.6 is 24.0 Å². The number of nitrogens with one attached hydrogen (secondary N) is 1. The van der Waals surface area contributed by atoms with Gasteiger partial charge in [-0.05, 0) is 39.0 Å². The average molecular weight is 471 g/mol. The third-order valence-corrected chi connectivity index (χ3v) is 5.32. The third-order valence-electron chi connectivity index (χ3n) is 4.19. The molecule has 0 saturated heterocycles. The zero-order chi connectivity index (χ0) is 17.3. The summed E-state index contributed by atoms with van der Waals surface area (Å²) in [5.41, 5.74) is -0.112. The molecule has 0 amide bonds. The lowest BCUT2D eigenvalue weighted by Gasteiger charge is -2.23. The van der Waals surface area contributed by atoms with Gasteiger partial charge in [-0.15, -0.1) is 30.6 Å². The topological polar surface area (TPSA) is 61.8 Å². The Balaban J connectivity index is 0.00000529. The van der Waals surface area contributed by atoms with Crippen LogP contribution < -0.4 is 5.32 Å². The molecule has 0 aromatic heterocycles. The quantitative estimate of drug-likeness (QED) is 0.165. The summed E-state index contributed by atoms with van der Waals surface area (Å²) in [7, 11) is -0.887. The molecule has 0 radical (unpaired) electrons. The van der Waals surface area contributed by atoms with E-state index in [4.69, 9.17) is 4.99 Å². The Kier molecular flexibility index (Phi) is 11.2. The molecular weight excluding hydrogens is 437 g/mol. The Labute approximate surface area is 165 Å². The van der Waals surface area contributed by atoms with Crippen LogP contribution in [0.5, 0.6) is 0 Å². The molecule has 1 fully saturated rings. The van der Waals surface area contributed by atoms with Gasteiger partial charge < -0.3 is 10.2 Å². The molecule has 1 saturated carbocycles. The van der Waals surface area contributed by atoms with Gasteiger partial charge in [0.15, 0.2) is 5.96 Å². The Morgan fingerprint density at radius 1 is 1.33 bits per heavy atom. The number of guanidine groups is 1. The molecule has 0 aromatic carbocycles. The van der Waals surface area contributed by atoms with Crippen LogP contribution in [-0.2, 0) is 9.84 Å². The van der Waals surface area contributed by atoms with Crippen molar-refractivity contribution in [3.05, 3.63) is 12.7 Å². The fourth-order valence-electron chi connectivity index (χ4n) is 2.71. The number of halogens is 1. The van der Waals surface area contributed by atoms with Crippen molar-refractivity contribution in [1.29, 1.82) is 0 Å². The first-order valence-electron chi connectivity index (χ1n) is 8.60. The van der Waals surface area contributed by atoms with E-state index in [1.165, 1.54) is 19.1 Å². The van der Waals surface area contributed by atoms with Gasteiger partial charge in [-0.1, -0.05) is 12.5 Å². The van der Waals surface area contributed by atoms with Crippen LogP contribution in [0.2, 0.25) is 0 Å². The number of nitrogens with zero attached hydrogens (tertiary/aromatic N) is 2. The van der Waals surface area contributed by atoms with Crippen molar-refractivity contribution < 1.29 is 8.42 Å². The number of unbranched alkanes of at least 4 members (excludes halogenated alkanes) is 3. The van der Waals surface area contributed by atoms with Gasteiger partial charge in [-0.25, -0.2) is 8.42 Å². The summed E-state index contributed by atoms with van der Waals surface area (Å²) < 4.78 is 23.1. The number of hydrogen-bond acceptors (Lipinski definition) is 3. The Hall–Kier alpha value is -0.310. The standard InChI is InChI=1S/C17H33N3O2S.HI/c1-5-7-8-9-10-13-20(3)16(18-6-2)19-14-17(11-12-17)15-23(4,21)22;/h5H,1,6-15H2,2-4H3,(H,18,19);1H. The summed E-state index contributed by atoms with van der Waals surface area (Å²) in [4.78, 5) is 6.84. The van der Waals surface area contributed by atoms with Gasteiger partial charge in [-0.3, -0.25) is 4.99 Å². The number of rotatable bonds is 11. The summed E-state index contributed by atoms with van der Waals surface area (Å²) in [6.45, 7) is 8.17. The molecule has 7 heteroatoms. The Morgan fingerprint density at radius 3 is 2.50 bits per heavy atom. The second-order valence-corrected chi connectivity index (χ2v) is 8.94. The molecule has 1 aliphatic carbocycles. The van der Waals surface area contributed by atoms with Crippen molar-refractivity contribution in [2.24, 2.45) is 10.4 Å². The predicted octanol–water partition coefficient (Wildman–Crippen LogP) is 3.07. The lowest BCUT2D eigenvalue weighted by Crippen LogP contribution is -2.40. The summed E-state index contributed by atoms with van der Waals surface area (Å²) in [6.07, 6.45) is 9.79. The van der Waals surface area contributed by atoms with Gasteiger partial charge in [0.1, 0.15) is 9.84 Å². The maximum absolute atomic E-state index is 11.5. The third kappa shape index (κ3) is 9.86. The molecule has 0 spiro atoms. The van der Waals surface area contributed by atoms with Crippen LogP contribution in [0.1, 0.15) is 45.4 Å². The maximum Gasteiger partial charge on any atom is 0.193 e. The van der Waals surface area contributed by atoms with E-state index in [-0.39, 0.29) is 35.1 Å². The van der Waals surface area contributed by atoms with E-state index in [1.54, 1.807) is 0 Å². The molecule has 1 aliphatic rings. The van der Waals surface area contributed by atoms with Crippen LogP contribution in [0, 0.1) is 5.41 Å². The normalized spacial score (nSPS) is 16.2. The van der Waals surface area contributed by atoms with Crippen LogP contribution in [0.4, 0.5) is 0 Å². The molecule has 0 aliphatic heterocycles. The average Bonchev–Trinajstić information content (AvgIpc) is 3.20. The minimum atomic E-state index is -2.93. The maximum atomic E-state index is 11.5. The van der Waals surface area contributed by atoms with Gasteiger partial charge in [0.05, 0.1) is 5.75 Å². The van der Waals surface area contributed by atoms with Gasteiger partial charge in [0.2, 0.25) is 0 Å². The van der Waals surface area contributed by atoms with Crippen molar-refractivity contribution in [2.75, 3.05) is 38.7 Å². The van der Waals surface area contributed by atoms with Crippen LogP contribution in [0.15, 0.2) is 17.6 Å². The molecule has 142 valence electrons. The molecule has 0 heterocycles. The van der Waals surface area contributed by atoms with E-state index in [0.29, 0.717) is 6.54 Å². The van der Waals surface area contributed by atoms with Crippen LogP contribution in [-0.4, -0.2) is 58.0 Å². The molecule has 0 bridgehead atoms. The van der Waals surface area contributed by atoms with Gasteiger partial charge >= 0.3 is 0 Å². The van der Waals surface area contributed by atoms with E-state index in [2.05, 4.69) is 23.7 Å². The van der Waals surface area contributed by atoms with E-state index < -0.39 is 9.84 Å². The Bertz CT molecular complexity index is 502. The highest BCUT2D eigenvalue weighted by molar-refractivity contribution is 14.0. The van der Waals surface area contributed by atoms with Gasteiger partial charge in [0, 0.05) is 38.4 Å². The van der Waals surface area contributed by atoms with Crippen molar-refractivity contribution in [1.82, 2.24) is 10.2 Å². The zero-order valence-electron chi connectivity index (χ0n) is 15.4. The monoisotopic (exact) mass is 471 g/mol. The first-order chi connectivity index (χ1) is 10.8. The number of allylic oxidation sites excluding steroid dienone is 1. The van der Waals surface area contributed by atoms with Crippen molar-refractivity contribution in [3.8, 4) is 0 Å². The molecule has 0 aromatic rings. The molecule has 0 unspecified atom stereocenters. The largest absolute Gasteiger partial charge is 0.357 e. The Morgan fingerprint density at radius 2 is 2.00 bits per heavy atom. The fourth-order valence-corrected chi connectivity index (χ4v) is 4.21. The molecule has 1 N–H and O–H groups in total. The molecule has 1 rings (SSSR count). The van der Waals surface area contributed by atoms with Gasteiger partial charge in [-0.2, -0.15) is 0 Å².